The molecule has 1 unspecified atom stereocenters. The molecule has 25 heavy (non-hydrogen) atoms. The van der Waals surface area contributed by atoms with E-state index in [2.05, 4.69) is 10.3 Å². The molecule has 8 heteroatoms. The lowest BCUT2D eigenvalue weighted by atomic mass is 10.1. The summed E-state index contributed by atoms with van der Waals surface area (Å²) in [4.78, 5) is 17.8. The van der Waals surface area contributed by atoms with Gasteiger partial charge >= 0.3 is 12.1 Å². The first-order valence-electron chi connectivity index (χ1n) is 7.71. The van der Waals surface area contributed by atoms with Crippen molar-refractivity contribution >= 4 is 17.5 Å². The van der Waals surface area contributed by atoms with Crippen molar-refractivity contribution in [2.24, 2.45) is 0 Å². The Bertz CT molecular complexity index is 780. The number of nitrogens with zero attached hydrogens (tertiary/aromatic N) is 2. The van der Waals surface area contributed by atoms with E-state index < -0.39 is 23.9 Å². The zero-order chi connectivity index (χ0) is 18.0. The summed E-state index contributed by atoms with van der Waals surface area (Å²) in [6, 6.07) is 8.46. The highest BCUT2D eigenvalue weighted by molar-refractivity contribution is 5.81. The van der Waals surface area contributed by atoms with Crippen molar-refractivity contribution in [1.29, 1.82) is 0 Å². The third-order valence-corrected chi connectivity index (χ3v) is 3.82. The van der Waals surface area contributed by atoms with Crippen LogP contribution in [0.1, 0.15) is 24.2 Å². The van der Waals surface area contributed by atoms with Crippen LogP contribution in [0, 0.1) is 0 Å². The molecule has 1 atom stereocenters. The molecule has 0 fully saturated rings. The maximum Gasteiger partial charge on any atom is 0.416 e. The summed E-state index contributed by atoms with van der Waals surface area (Å²) in [6.45, 7) is 1.83. The van der Waals surface area contributed by atoms with Gasteiger partial charge in [-0.25, -0.2) is 4.98 Å². The summed E-state index contributed by atoms with van der Waals surface area (Å²) in [5.41, 5.74) is 0.280. The third-order valence-electron chi connectivity index (χ3n) is 3.82. The SMILES string of the molecule is CCOC(=O)CN1c2cccnc2NC1c1cccc(C(F)(F)F)c1. The second kappa shape index (κ2) is 6.62. The minimum absolute atomic E-state index is 0.0968. The molecule has 0 radical (unpaired) electrons. The van der Waals surface area contributed by atoms with Crippen molar-refractivity contribution in [2.45, 2.75) is 19.3 Å². The van der Waals surface area contributed by atoms with Crippen molar-refractivity contribution in [2.75, 3.05) is 23.4 Å². The Balaban J connectivity index is 1.96. The van der Waals surface area contributed by atoms with E-state index in [0.717, 1.165) is 12.1 Å². The van der Waals surface area contributed by atoms with Crippen molar-refractivity contribution < 1.29 is 22.7 Å². The predicted molar refractivity (Wildman–Crippen MR) is 86.0 cm³/mol. The van der Waals surface area contributed by atoms with E-state index in [1.165, 1.54) is 6.07 Å². The van der Waals surface area contributed by atoms with E-state index in [9.17, 15) is 18.0 Å². The van der Waals surface area contributed by atoms with Crippen molar-refractivity contribution in [3.8, 4) is 0 Å². The van der Waals surface area contributed by atoms with Crippen LogP contribution in [0.25, 0.3) is 0 Å². The van der Waals surface area contributed by atoms with Gasteiger partial charge in [-0.3, -0.25) is 4.79 Å². The molecule has 1 aromatic heterocycles. The van der Waals surface area contributed by atoms with Crippen molar-refractivity contribution in [3.63, 3.8) is 0 Å². The Morgan fingerprint density at radius 2 is 2.12 bits per heavy atom. The number of alkyl halides is 3. The third kappa shape index (κ3) is 3.52. The summed E-state index contributed by atoms with van der Waals surface area (Å²) in [6.07, 6.45) is -3.51. The molecule has 1 aromatic carbocycles. The number of nitrogens with one attached hydrogen (secondary N) is 1. The summed E-state index contributed by atoms with van der Waals surface area (Å²) >= 11 is 0. The minimum Gasteiger partial charge on any atom is -0.465 e. The first kappa shape index (κ1) is 17.1. The number of ether oxygens (including phenoxy) is 1. The quantitative estimate of drug-likeness (QED) is 0.853. The molecule has 0 saturated heterocycles. The molecular weight excluding hydrogens is 335 g/mol. The lowest BCUT2D eigenvalue weighted by Crippen LogP contribution is -2.34. The highest BCUT2D eigenvalue weighted by Crippen LogP contribution is 2.40. The molecule has 2 heterocycles. The van der Waals surface area contributed by atoms with E-state index in [0.29, 0.717) is 17.1 Å². The van der Waals surface area contributed by atoms with E-state index in [-0.39, 0.29) is 13.2 Å². The average molecular weight is 351 g/mol. The van der Waals surface area contributed by atoms with Crippen molar-refractivity contribution in [3.05, 3.63) is 53.7 Å². The zero-order valence-corrected chi connectivity index (χ0v) is 13.4. The number of hydrogen-bond donors (Lipinski definition) is 1. The minimum atomic E-state index is -4.44. The molecule has 3 rings (SSSR count). The van der Waals surface area contributed by atoms with E-state index in [4.69, 9.17) is 4.74 Å². The summed E-state index contributed by atoms with van der Waals surface area (Å²) in [5.74, 6) is 0.0483. The number of aromatic nitrogens is 1. The average Bonchev–Trinajstić information content (AvgIpc) is 2.93. The number of hydrogen-bond acceptors (Lipinski definition) is 5. The van der Waals surface area contributed by atoms with Gasteiger partial charge in [-0.15, -0.1) is 0 Å². The fourth-order valence-electron chi connectivity index (χ4n) is 2.76. The Morgan fingerprint density at radius 3 is 2.84 bits per heavy atom. The van der Waals surface area contributed by atoms with Crippen LogP contribution in [0.15, 0.2) is 42.6 Å². The number of esters is 1. The van der Waals surface area contributed by atoms with E-state index in [1.807, 2.05) is 0 Å². The first-order chi connectivity index (χ1) is 11.9. The van der Waals surface area contributed by atoms with Gasteiger partial charge in [0, 0.05) is 6.20 Å². The molecule has 0 aliphatic carbocycles. The smallest absolute Gasteiger partial charge is 0.416 e. The van der Waals surface area contributed by atoms with Gasteiger partial charge in [0.05, 0.1) is 17.9 Å². The van der Waals surface area contributed by atoms with Gasteiger partial charge in [0.25, 0.3) is 0 Å². The number of anilines is 2. The van der Waals surface area contributed by atoms with Crippen LogP contribution in [0.5, 0.6) is 0 Å². The van der Waals surface area contributed by atoms with Gasteiger partial charge < -0.3 is 15.0 Å². The standard InChI is InChI=1S/C17H16F3N3O2/c1-2-25-14(24)10-23-13-7-4-8-21-15(13)22-16(23)11-5-3-6-12(9-11)17(18,19)20/h3-9,16H,2,10H2,1H3,(H,21,22). The number of benzene rings is 1. The number of pyridine rings is 1. The number of carbonyl (C=O) groups is 1. The molecule has 132 valence electrons. The maximum absolute atomic E-state index is 13.0. The predicted octanol–water partition coefficient (Wildman–Crippen LogP) is 3.59. The molecule has 1 aliphatic heterocycles. The number of halogens is 3. The van der Waals surface area contributed by atoms with Crippen LogP contribution in [0.2, 0.25) is 0 Å². The lowest BCUT2D eigenvalue weighted by molar-refractivity contribution is -0.141. The van der Waals surface area contributed by atoms with Crippen molar-refractivity contribution in [1.82, 2.24) is 4.98 Å². The summed E-state index contributed by atoms with van der Waals surface area (Å²) in [5, 5.41) is 3.07. The fourth-order valence-corrected chi connectivity index (χ4v) is 2.76. The Labute approximate surface area is 142 Å². The van der Waals surface area contributed by atoms with Crippen LogP contribution in [0.3, 0.4) is 0 Å². The Kier molecular flexibility index (Phi) is 4.52. The monoisotopic (exact) mass is 351 g/mol. The van der Waals surface area contributed by atoms with E-state index >= 15 is 0 Å². The van der Waals surface area contributed by atoms with Crippen LogP contribution >= 0.6 is 0 Å². The molecule has 1 N–H and O–H groups in total. The van der Waals surface area contributed by atoms with Gasteiger partial charge in [0.15, 0.2) is 5.82 Å². The lowest BCUT2D eigenvalue weighted by Gasteiger charge is -2.26. The normalized spacial score (nSPS) is 16.3. The Morgan fingerprint density at radius 1 is 1.32 bits per heavy atom. The molecule has 0 spiro atoms. The molecule has 0 amide bonds. The second-order valence-electron chi connectivity index (χ2n) is 5.47. The summed E-state index contributed by atoms with van der Waals surface area (Å²) in [7, 11) is 0. The van der Waals surface area contributed by atoms with Crippen LogP contribution in [0.4, 0.5) is 24.7 Å². The number of carbonyl (C=O) groups excluding carboxylic acids is 1. The maximum atomic E-state index is 13.0. The van der Waals surface area contributed by atoms with Crippen LogP contribution in [-0.4, -0.2) is 24.1 Å². The van der Waals surface area contributed by atoms with Gasteiger partial charge in [-0.2, -0.15) is 13.2 Å². The molecule has 0 saturated carbocycles. The van der Waals surface area contributed by atoms with E-state index in [1.54, 1.807) is 36.2 Å². The van der Waals surface area contributed by atoms with Gasteiger partial charge in [-0.1, -0.05) is 12.1 Å². The van der Waals surface area contributed by atoms with Crippen LogP contribution in [-0.2, 0) is 15.7 Å². The van der Waals surface area contributed by atoms with Gasteiger partial charge in [-0.05, 0) is 36.8 Å². The molecule has 1 aliphatic rings. The fraction of sp³-hybridized carbons (Fsp3) is 0.294. The van der Waals surface area contributed by atoms with Gasteiger partial charge in [0.2, 0.25) is 0 Å². The topological polar surface area (TPSA) is 54.5 Å². The Hall–Kier alpha value is -2.77. The highest BCUT2D eigenvalue weighted by Gasteiger charge is 2.35. The van der Waals surface area contributed by atoms with Crippen LogP contribution < -0.4 is 10.2 Å². The largest absolute Gasteiger partial charge is 0.465 e. The zero-order valence-electron chi connectivity index (χ0n) is 13.4. The summed E-state index contributed by atoms with van der Waals surface area (Å²) < 4.78 is 44.0. The molecule has 0 bridgehead atoms. The number of rotatable bonds is 4. The molecule has 2 aromatic rings. The first-order valence-corrected chi connectivity index (χ1v) is 7.71. The highest BCUT2D eigenvalue weighted by atomic mass is 19.4. The molecule has 5 nitrogen and oxygen atoms in total. The van der Waals surface area contributed by atoms with Gasteiger partial charge in [0.1, 0.15) is 12.7 Å². The molecular formula is C17H16F3N3O2. The second-order valence-corrected chi connectivity index (χ2v) is 5.47. The number of fused-ring (bicyclic) bond motifs is 1.